The van der Waals surface area contributed by atoms with E-state index in [9.17, 15) is 4.39 Å². The fourth-order valence-electron chi connectivity index (χ4n) is 1.17. The molecule has 0 atom stereocenters. The van der Waals surface area contributed by atoms with Crippen LogP contribution in [0.2, 0.25) is 5.02 Å². The van der Waals surface area contributed by atoms with Crippen molar-refractivity contribution in [2.75, 3.05) is 0 Å². The molecule has 68 valence electrons. The number of terminal acetylenes is 1. The Balaban J connectivity index is 3.38. The molecule has 0 saturated heterocycles. The summed E-state index contributed by atoms with van der Waals surface area (Å²) in [6.45, 7) is 3.52. The van der Waals surface area contributed by atoms with Gasteiger partial charge in [-0.2, -0.15) is 0 Å². The molecular formula is C11H10ClF. The number of hydrogen-bond donors (Lipinski definition) is 0. The van der Waals surface area contributed by atoms with Crippen LogP contribution in [0.25, 0.3) is 0 Å². The Hall–Kier alpha value is -1.00. The smallest absolute Gasteiger partial charge is 0.129 e. The SMILES string of the molecule is C#CC(C)(C)c1c(F)cccc1Cl. The highest BCUT2D eigenvalue weighted by molar-refractivity contribution is 6.31. The van der Waals surface area contributed by atoms with Gasteiger partial charge in [0.15, 0.2) is 0 Å². The van der Waals surface area contributed by atoms with Crippen LogP contribution in [0.1, 0.15) is 19.4 Å². The van der Waals surface area contributed by atoms with Crippen LogP contribution in [0.3, 0.4) is 0 Å². The van der Waals surface area contributed by atoms with Crippen LogP contribution in [0.4, 0.5) is 4.39 Å². The fraction of sp³-hybridized carbons (Fsp3) is 0.273. The number of benzene rings is 1. The maximum Gasteiger partial charge on any atom is 0.129 e. The van der Waals surface area contributed by atoms with Crippen LogP contribution in [0, 0.1) is 18.2 Å². The zero-order valence-corrected chi connectivity index (χ0v) is 8.32. The first-order valence-corrected chi connectivity index (χ1v) is 4.29. The molecule has 0 nitrogen and oxygen atoms in total. The second-order valence-corrected chi connectivity index (χ2v) is 3.77. The van der Waals surface area contributed by atoms with Gasteiger partial charge in [-0.3, -0.25) is 0 Å². The number of rotatable bonds is 1. The van der Waals surface area contributed by atoms with Crippen molar-refractivity contribution in [3.05, 3.63) is 34.6 Å². The molecule has 1 rings (SSSR count). The summed E-state index contributed by atoms with van der Waals surface area (Å²) >= 11 is 5.86. The van der Waals surface area contributed by atoms with Crippen molar-refractivity contribution in [3.63, 3.8) is 0 Å². The zero-order chi connectivity index (χ0) is 10.1. The van der Waals surface area contributed by atoms with Crippen molar-refractivity contribution >= 4 is 11.6 Å². The van der Waals surface area contributed by atoms with Crippen molar-refractivity contribution < 1.29 is 4.39 Å². The van der Waals surface area contributed by atoms with Gasteiger partial charge in [0.25, 0.3) is 0 Å². The minimum Gasteiger partial charge on any atom is -0.207 e. The van der Waals surface area contributed by atoms with Crippen molar-refractivity contribution in [1.29, 1.82) is 0 Å². The molecule has 0 fully saturated rings. The minimum absolute atomic E-state index is 0.351. The van der Waals surface area contributed by atoms with Crippen molar-refractivity contribution in [1.82, 2.24) is 0 Å². The van der Waals surface area contributed by atoms with E-state index >= 15 is 0 Å². The quantitative estimate of drug-likeness (QED) is 0.604. The molecule has 0 radical (unpaired) electrons. The number of hydrogen-bond acceptors (Lipinski definition) is 0. The lowest BCUT2D eigenvalue weighted by molar-refractivity contribution is 0.568. The molecule has 0 amide bonds. The summed E-state index contributed by atoms with van der Waals surface area (Å²) in [4.78, 5) is 0. The van der Waals surface area contributed by atoms with Gasteiger partial charge in [0.05, 0.1) is 5.41 Å². The highest BCUT2D eigenvalue weighted by Gasteiger charge is 2.24. The summed E-state index contributed by atoms with van der Waals surface area (Å²) in [5.74, 6) is 2.16. The summed E-state index contributed by atoms with van der Waals surface area (Å²) in [6.07, 6.45) is 5.30. The maximum atomic E-state index is 13.4. The molecule has 0 aromatic heterocycles. The van der Waals surface area contributed by atoms with Crippen LogP contribution in [0.15, 0.2) is 18.2 Å². The standard InChI is InChI=1S/C11H10ClF/c1-4-11(2,3)10-8(12)6-5-7-9(10)13/h1,5-7H,2-3H3. The monoisotopic (exact) mass is 196 g/mol. The van der Waals surface area contributed by atoms with Gasteiger partial charge in [-0.05, 0) is 26.0 Å². The predicted octanol–water partition coefficient (Wildman–Crippen LogP) is 3.39. The first kappa shape index (κ1) is 10.1. The van der Waals surface area contributed by atoms with Gasteiger partial charge in [-0.1, -0.05) is 23.6 Å². The molecular weight excluding hydrogens is 187 g/mol. The lowest BCUT2D eigenvalue weighted by Crippen LogP contribution is -2.16. The Labute approximate surface area is 82.7 Å². The lowest BCUT2D eigenvalue weighted by atomic mass is 9.85. The second kappa shape index (κ2) is 3.40. The first-order chi connectivity index (χ1) is 5.99. The Morgan fingerprint density at radius 3 is 2.54 bits per heavy atom. The molecule has 0 unspecified atom stereocenters. The van der Waals surface area contributed by atoms with Gasteiger partial charge < -0.3 is 0 Å². The highest BCUT2D eigenvalue weighted by atomic mass is 35.5. The maximum absolute atomic E-state index is 13.4. The Morgan fingerprint density at radius 1 is 1.46 bits per heavy atom. The van der Waals surface area contributed by atoms with Gasteiger partial charge >= 0.3 is 0 Å². The average molecular weight is 197 g/mol. The van der Waals surface area contributed by atoms with E-state index < -0.39 is 5.41 Å². The lowest BCUT2D eigenvalue weighted by Gasteiger charge is -2.19. The third-order valence-corrected chi connectivity index (χ3v) is 2.26. The van der Waals surface area contributed by atoms with E-state index in [-0.39, 0.29) is 5.82 Å². The zero-order valence-electron chi connectivity index (χ0n) is 7.57. The van der Waals surface area contributed by atoms with Gasteiger partial charge in [-0.25, -0.2) is 4.39 Å². The molecule has 0 heterocycles. The first-order valence-electron chi connectivity index (χ1n) is 3.91. The van der Waals surface area contributed by atoms with Crippen molar-refractivity contribution in [2.24, 2.45) is 0 Å². The Bertz CT molecular complexity index is 341. The average Bonchev–Trinajstić information content (AvgIpc) is 2.03. The highest BCUT2D eigenvalue weighted by Crippen LogP contribution is 2.31. The molecule has 0 N–H and O–H groups in total. The molecule has 0 aliphatic carbocycles. The van der Waals surface area contributed by atoms with Crippen LogP contribution in [-0.4, -0.2) is 0 Å². The van der Waals surface area contributed by atoms with E-state index in [1.165, 1.54) is 6.07 Å². The van der Waals surface area contributed by atoms with E-state index in [0.29, 0.717) is 10.6 Å². The van der Waals surface area contributed by atoms with E-state index in [4.69, 9.17) is 18.0 Å². The van der Waals surface area contributed by atoms with E-state index in [0.717, 1.165) is 0 Å². The summed E-state index contributed by atoms with van der Waals surface area (Å²) in [5, 5.41) is 0.378. The third kappa shape index (κ3) is 1.84. The Morgan fingerprint density at radius 2 is 2.08 bits per heavy atom. The molecule has 0 aliphatic heterocycles. The summed E-state index contributed by atoms with van der Waals surface area (Å²) in [6, 6.07) is 4.56. The van der Waals surface area contributed by atoms with Crippen molar-refractivity contribution in [2.45, 2.75) is 19.3 Å². The summed E-state index contributed by atoms with van der Waals surface area (Å²) in [5.41, 5.74) is -0.276. The summed E-state index contributed by atoms with van der Waals surface area (Å²) < 4.78 is 13.4. The second-order valence-electron chi connectivity index (χ2n) is 3.37. The van der Waals surface area contributed by atoms with E-state index in [2.05, 4.69) is 5.92 Å². The summed E-state index contributed by atoms with van der Waals surface area (Å²) in [7, 11) is 0. The van der Waals surface area contributed by atoms with Gasteiger partial charge in [0.2, 0.25) is 0 Å². The van der Waals surface area contributed by atoms with Gasteiger partial charge in [-0.15, -0.1) is 6.42 Å². The van der Waals surface area contributed by atoms with Crippen LogP contribution in [-0.2, 0) is 5.41 Å². The fourth-order valence-corrected chi connectivity index (χ4v) is 1.57. The third-order valence-electron chi connectivity index (χ3n) is 1.95. The molecule has 0 aliphatic rings. The van der Waals surface area contributed by atoms with Gasteiger partial charge in [0, 0.05) is 10.6 Å². The van der Waals surface area contributed by atoms with Crippen LogP contribution in [0.5, 0.6) is 0 Å². The van der Waals surface area contributed by atoms with Crippen LogP contribution >= 0.6 is 11.6 Å². The largest absolute Gasteiger partial charge is 0.207 e. The van der Waals surface area contributed by atoms with E-state index in [1.54, 1.807) is 26.0 Å². The molecule has 13 heavy (non-hydrogen) atoms. The minimum atomic E-state index is -0.664. The van der Waals surface area contributed by atoms with E-state index in [1.807, 2.05) is 0 Å². The van der Waals surface area contributed by atoms with Crippen LogP contribution < -0.4 is 0 Å². The molecule has 1 aromatic carbocycles. The molecule has 0 spiro atoms. The van der Waals surface area contributed by atoms with Crippen molar-refractivity contribution in [3.8, 4) is 12.3 Å². The molecule has 1 aromatic rings. The predicted molar refractivity (Wildman–Crippen MR) is 53.3 cm³/mol. The van der Waals surface area contributed by atoms with Gasteiger partial charge in [0.1, 0.15) is 5.82 Å². The molecule has 0 bridgehead atoms. The normalized spacial score (nSPS) is 11.0. The molecule has 2 heteroatoms. The molecule has 0 saturated carbocycles. The topological polar surface area (TPSA) is 0 Å². The Kier molecular flexibility index (Phi) is 2.63. The number of halogens is 2.